The van der Waals surface area contributed by atoms with E-state index in [0.717, 1.165) is 37.7 Å². The summed E-state index contributed by atoms with van der Waals surface area (Å²) in [5.74, 6) is 2.44. The van der Waals surface area contributed by atoms with Crippen molar-refractivity contribution in [1.29, 1.82) is 0 Å². The van der Waals surface area contributed by atoms with E-state index in [4.69, 9.17) is 5.21 Å². The fourth-order valence-corrected chi connectivity index (χ4v) is 9.86. The molecule has 10 atom stereocenters. The van der Waals surface area contributed by atoms with Crippen LogP contribution < -0.4 is 10.8 Å². The third-order valence-corrected chi connectivity index (χ3v) is 12.0. The molecule has 7 heteroatoms. The highest BCUT2D eigenvalue weighted by atomic mass is 16.5. The van der Waals surface area contributed by atoms with Crippen molar-refractivity contribution in [2.75, 3.05) is 0 Å². The summed E-state index contributed by atoms with van der Waals surface area (Å²) in [7, 11) is 0. The van der Waals surface area contributed by atoms with Crippen LogP contribution in [0.4, 0.5) is 0 Å². The highest BCUT2D eigenvalue weighted by molar-refractivity contribution is 5.93. The summed E-state index contributed by atoms with van der Waals surface area (Å²) in [5, 5.41) is 33.5. The lowest BCUT2D eigenvalue weighted by atomic mass is 9.43. The van der Waals surface area contributed by atoms with Gasteiger partial charge in [-0.15, -0.1) is 0 Å². The van der Waals surface area contributed by atoms with Crippen LogP contribution >= 0.6 is 0 Å². The Hall–Kier alpha value is -1.96. The third-order valence-electron chi connectivity index (χ3n) is 12.0. The van der Waals surface area contributed by atoms with E-state index in [1.54, 1.807) is 29.7 Å². The zero-order chi connectivity index (χ0) is 27.9. The quantitative estimate of drug-likeness (QED) is 0.251. The topological polar surface area (TPSA) is 119 Å². The van der Waals surface area contributed by atoms with Gasteiger partial charge in [0.25, 0.3) is 5.91 Å². The Morgan fingerprint density at radius 1 is 0.974 bits per heavy atom. The fraction of sp³-hybridized carbons (Fsp3) is 0.750. The van der Waals surface area contributed by atoms with Crippen LogP contribution in [0.25, 0.3) is 0 Å². The summed E-state index contributed by atoms with van der Waals surface area (Å²) in [5.41, 5.74) is 3.36. The second-order valence-corrected chi connectivity index (χ2v) is 13.9. The monoisotopic (exact) mass is 540 g/mol. The van der Waals surface area contributed by atoms with E-state index in [0.29, 0.717) is 54.0 Å². The number of hydrogen-bond acceptors (Lipinski definition) is 5. The van der Waals surface area contributed by atoms with Crippen LogP contribution in [0.5, 0.6) is 0 Å². The molecule has 0 aromatic heterocycles. The molecule has 8 unspecified atom stereocenters. The number of carbonyl (C=O) groups excluding carboxylic acids is 2. The van der Waals surface area contributed by atoms with Crippen molar-refractivity contribution in [2.45, 2.75) is 104 Å². The van der Waals surface area contributed by atoms with Gasteiger partial charge in [0.05, 0.1) is 12.2 Å². The number of benzene rings is 1. The summed E-state index contributed by atoms with van der Waals surface area (Å²) in [4.78, 5) is 24.2. The number of aliphatic hydroxyl groups excluding tert-OH is 2. The minimum atomic E-state index is -0.555. The number of hydroxylamine groups is 1. The lowest BCUT2D eigenvalue weighted by Gasteiger charge is -2.62. The summed E-state index contributed by atoms with van der Waals surface area (Å²) in [6.45, 7) is 7.67. The number of aliphatic hydroxyl groups is 2. The first-order valence-corrected chi connectivity index (χ1v) is 15.2. The second kappa shape index (κ2) is 11.1. The molecule has 5 N–H and O–H groups in total. The molecule has 0 spiro atoms. The highest BCUT2D eigenvalue weighted by Gasteiger charge is 2.62. The summed E-state index contributed by atoms with van der Waals surface area (Å²) in [6, 6.07) is 6.81. The number of hydrogen-bond donors (Lipinski definition) is 5. The molecule has 4 fully saturated rings. The third kappa shape index (κ3) is 5.27. The molecule has 7 nitrogen and oxygen atoms in total. The van der Waals surface area contributed by atoms with Gasteiger partial charge in [0.2, 0.25) is 5.91 Å². The predicted octanol–water partition coefficient (Wildman–Crippen LogP) is 4.83. The molecular formula is C32H48N2O5. The van der Waals surface area contributed by atoms with Gasteiger partial charge in [-0.1, -0.05) is 32.9 Å². The second-order valence-electron chi connectivity index (χ2n) is 13.9. The first-order valence-electron chi connectivity index (χ1n) is 15.2. The molecule has 216 valence electrons. The Bertz CT molecular complexity index is 1050. The van der Waals surface area contributed by atoms with Crippen LogP contribution in [0.3, 0.4) is 0 Å². The van der Waals surface area contributed by atoms with Gasteiger partial charge in [0, 0.05) is 18.5 Å². The molecule has 0 radical (unpaired) electrons. The van der Waals surface area contributed by atoms with Gasteiger partial charge >= 0.3 is 0 Å². The number of nitrogens with one attached hydrogen (secondary N) is 2. The SMILES string of the molecule is C[C@H](CCC(=O)NCc1ccc(C(=O)NO)cc1)C1CCC2C3C(O)CC4C[C@H](O)CCC4(C)C3CCC21C. The van der Waals surface area contributed by atoms with E-state index in [2.05, 4.69) is 26.1 Å². The largest absolute Gasteiger partial charge is 0.393 e. The Kier molecular flexibility index (Phi) is 8.16. The zero-order valence-corrected chi connectivity index (χ0v) is 23.9. The van der Waals surface area contributed by atoms with Crippen LogP contribution in [-0.4, -0.2) is 39.4 Å². The maximum atomic E-state index is 12.7. The lowest BCUT2D eigenvalue weighted by molar-refractivity contribution is -0.174. The van der Waals surface area contributed by atoms with E-state index in [1.165, 1.54) is 25.7 Å². The highest BCUT2D eigenvalue weighted by Crippen LogP contribution is 2.68. The van der Waals surface area contributed by atoms with Gasteiger partial charge in [-0.25, -0.2) is 5.48 Å². The zero-order valence-electron chi connectivity index (χ0n) is 23.9. The molecule has 0 aliphatic heterocycles. The van der Waals surface area contributed by atoms with E-state index in [1.807, 2.05) is 0 Å². The maximum Gasteiger partial charge on any atom is 0.274 e. The summed E-state index contributed by atoms with van der Waals surface area (Å²) in [6.07, 6.45) is 9.37. The van der Waals surface area contributed by atoms with Gasteiger partial charge in [-0.05, 0) is 122 Å². The predicted molar refractivity (Wildman–Crippen MR) is 149 cm³/mol. The van der Waals surface area contributed by atoms with Crippen molar-refractivity contribution in [3.8, 4) is 0 Å². The van der Waals surface area contributed by atoms with Crippen LogP contribution in [0.2, 0.25) is 0 Å². The number of fused-ring (bicyclic) bond motifs is 5. The van der Waals surface area contributed by atoms with Gasteiger partial charge in [-0.3, -0.25) is 14.8 Å². The maximum absolute atomic E-state index is 12.7. The number of amides is 2. The van der Waals surface area contributed by atoms with Crippen molar-refractivity contribution in [1.82, 2.24) is 10.8 Å². The van der Waals surface area contributed by atoms with Gasteiger partial charge < -0.3 is 15.5 Å². The number of carbonyl (C=O) groups is 2. The van der Waals surface area contributed by atoms with Crippen molar-refractivity contribution in [2.24, 2.45) is 46.3 Å². The molecule has 4 aliphatic rings. The summed E-state index contributed by atoms with van der Waals surface area (Å²) < 4.78 is 0. The van der Waals surface area contributed by atoms with Gasteiger partial charge in [0.15, 0.2) is 0 Å². The average Bonchev–Trinajstić information content (AvgIpc) is 3.28. The Labute approximate surface area is 233 Å². The number of rotatable bonds is 7. The van der Waals surface area contributed by atoms with E-state index < -0.39 is 5.91 Å². The Morgan fingerprint density at radius 3 is 2.38 bits per heavy atom. The van der Waals surface area contributed by atoms with Crippen LogP contribution in [0.15, 0.2) is 24.3 Å². The molecular weight excluding hydrogens is 492 g/mol. The standard InChI is InChI=1S/C32H48N2O5/c1-19(4-11-28(37)33-18-20-5-7-21(8-6-20)30(38)34-39)24-9-10-25-29-26(13-15-32(24,25)3)31(2)14-12-23(35)16-22(31)17-27(29)36/h5-8,19,22-27,29,35-36,39H,4,9-18H2,1-3H3,(H,33,37)(H,34,38)/t19-,22?,23-,24?,25?,26?,27?,29?,31?,32?/m1/s1. The van der Waals surface area contributed by atoms with E-state index in [-0.39, 0.29) is 28.9 Å². The summed E-state index contributed by atoms with van der Waals surface area (Å²) >= 11 is 0. The molecule has 4 aliphatic carbocycles. The molecule has 1 aromatic carbocycles. The average molecular weight is 541 g/mol. The van der Waals surface area contributed by atoms with Gasteiger partial charge in [0.1, 0.15) is 0 Å². The molecule has 0 saturated heterocycles. The first-order chi connectivity index (χ1) is 18.6. The molecule has 0 heterocycles. The first kappa shape index (κ1) is 28.6. The molecule has 1 aromatic rings. The molecule has 2 amide bonds. The molecule has 4 saturated carbocycles. The molecule has 39 heavy (non-hydrogen) atoms. The van der Waals surface area contributed by atoms with Crippen molar-refractivity contribution < 1.29 is 25.0 Å². The van der Waals surface area contributed by atoms with Crippen molar-refractivity contribution >= 4 is 11.8 Å². The van der Waals surface area contributed by atoms with Crippen molar-refractivity contribution in [3.05, 3.63) is 35.4 Å². The Balaban J connectivity index is 1.16. The molecule has 0 bridgehead atoms. The smallest absolute Gasteiger partial charge is 0.274 e. The Morgan fingerprint density at radius 2 is 1.67 bits per heavy atom. The van der Waals surface area contributed by atoms with Crippen molar-refractivity contribution in [3.63, 3.8) is 0 Å². The van der Waals surface area contributed by atoms with E-state index in [9.17, 15) is 19.8 Å². The molecule has 5 rings (SSSR count). The van der Waals surface area contributed by atoms with E-state index >= 15 is 0 Å². The van der Waals surface area contributed by atoms with Gasteiger partial charge in [-0.2, -0.15) is 0 Å². The van der Waals surface area contributed by atoms with Crippen LogP contribution in [-0.2, 0) is 11.3 Å². The minimum Gasteiger partial charge on any atom is -0.393 e. The normalized spacial score (nSPS) is 40.1. The minimum absolute atomic E-state index is 0.0450. The lowest BCUT2D eigenvalue weighted by Crippen LogP contribution is -2.58. The van der Waals surface area contributed by atoms with Crippen LogP contribution in [0.1, 0.15) is 101 Å². The fourth-order valence-electron chi connectivity index (χ4n) is 9.86. The van der Waals surface area contributed by atoms with Crippen LogP contribution in [0, 0.1) is 46.3 Å².